The fraction of sp³-hybridized carbons (Fsp3) is 0.583. The van der Waals surface area contributed by atoms with Crippen molar-refractivity contribution in [2.75, 3.05) is 13.2 Å². The highest BCUT2D eigenvalue weighted by Crippen LogP contribution is 2.44. The van der Waals surface area contributed by atoms with Crippen LogP contribution >= 0.6 is 11.6 Å². The molecule has 1 heterocycles. The summed E-state index contributed by atoms with van der Waals surface area (Å²) in [5.74, 6) is 0. The Labute approximate surface area is 101 Å². The van der Waals surface area contributed by atoms with Gasteiger partial charge in [-0.25, -0.2) is 4.98 Å². The van der Waals surface area contributed by atoms with E-state index in [2.05, 4.69) is 17.2 Å². The summed E-state index contributed by atoms with van der Waals surface area (Å²) in [6.45, 7) is 3.25. The first-order chi connectivity index (χ1) is 7.65. The number of nitrogens with zero attached hydrogens (tertiary/aromatic N) is 1. The second-order valence-electron chi connectivity index (χ2n) is 4.67. The van der Waals surface area contributed by atoms with Gasteiger partial charge in [0.15, 0.2) is 0 Å². The van der Waals surface area contributed by atoms with Crippen LogP contribution in [-0.2, 0) is 0 Å². The summed E-state index contributed by atoms with van der Waals surface area (Å²) >= 11 is 5.73. The average Bonchev–Trinajstić information content (AvgIpc) is 3.08. The Morgan fingerprint density at radius 3 is 2.81 bits per heavy atom. The molecule has 1 aromatic rings. The molecule has 0 radical (unpaired) electrons. The number of aliphatic hydroxyl groups is 1. The third kappa shape index (κ3) is 2.73. The van der Waals surface area contributed by atoms with E-state index < -0.39 is 0 Å². The molecule has 1 aliphatic rings. The first kappa shape index (κ1) is 11.8. The lowest BCUT2D eigenvalue weighted by Crippen LogP contribution is -2.28. The van der Waals surface area contributed by atoms with Crippen molar-refractivity contribution in [2.24, 2.45) is 5.41 Å². The van der Waals surface area contributed by atoms with Gasteiger partial charge in [-0.2, -0.15) is 0 Å². The van der Waals surface area contributed by atoms with Crippen molar-refractivity contribution in [2.45, 2.75) is 25.8 Å². The minimum Gasteiger partial charge on any atom is -0.396 e. The zero-order chi connectivity index (χ0) is 11.6. The summed E-state index contributed by atoms with van der Waals surface area (Å²) in [4.78, 5) is 4.06. The quantitative estimate of drug-likeness (QED) is 0.776. The standard InChI is InChI=1S/C12H17ClN2O/c1-9(10-2-3-11(13)14-6-10)15-7-12(8-16)4-5-12/h2-3,6,9,15-16H,4-5,7-8H2,1H3. The molecular formula is C12H17ClN2O. The molecule has 0 aromatic carbocycles. The summed E-state index contributed by atoms with van der Waals surface area (Å²) in [5, 5.41) is 13.2. The Balaban J connectivity index is 1.88. The third-order valence-electron chi connectivity index (χ3n) is 3.33. The maximum absolute atomic E-state index is 9.21. The van der Waals surface area contributed by atoms with Crippen LogP contribution in [0.2, 0.25) is 5.15 Å². The first-order valence-corrected chi connectivity index (χ1v) is 5.99. The van der Waals surface area contributed by atoms with Gasteiger partial charge in [-0.1, -0.05) is 17.7 Å². The predicted octanol–water partition coefficient (Wildman–Crippen LogP) is 2.16. The highest BCUT2D eigenvalue weighted by Gasteiger charge is 2.41. The van der Waals surface area contributed by atoms with Crippen LogP contribution in [0.3, 0.4) is 0 Å². The lowest BCUT2D eigenvalue weighted by Gasteiger charge is -2.18. The Morgan fingerprint density at radius 2 is 2.31 bits per heavy atom. The predicted molar refractivity (Wildman–Crippen MR) is 64.4 cm³/mol. The van der Waals surface area contributed by atoms with E-state index in [1.165, 1.54) is 0 Å². The molecule has 16 heavy (non-hydrogen) atoms. The molecule has 88 valence electrons. The van der Waals surface area contributed by atoms with Gasteiger partial charge in [0, 0.05) is 30.8 Å². The van der Waals surface area contributed by atoms with Crippen LogP contribution in [0.15, 0.2) is 18.3 Å². The minimum absolute atomic E-state index is 0.147. The Kier molecular flexibility index (Phi) is 3.47. The molecule has 0 saturated heterocycles. The summed E-state index contributed by atoms with van der Waals surface area (Å²) in [5.41, 5.74) is 1.27. The van der Waals surface area contributed by atoms with Gasteiger partial charge < -0.3 is 10.4 Å². The third-order valence-corrected chi connectivity index (χ3v) is 3.55. The summed E-state index contributed by atoms with van der Waals surface area (Å²) in [6.07, 6.45) is 4.04. The van der Waals surface area contributed by atoms with Crippen molar-refractivity contribution in [1.29, 1.82) is 0 Å². The summed E-state index contributed by atoms with van der Waals surface area (Å²) in [6, 6.07) is 4.02. The highest BCUT2D eigenvalue weighted by atomic mass is 35.5. The van der Waals surface area contributed by atoms with Gasteiger partial charge >= 0.3 is 0 Å². The Morgan fingerprint density at radius 1 is 1.56 bits per heavy atom. The first-order valence-electron chi connectivity index (χ1n) is 5.61. The van der Waals surface area contributed by atoms with E-state index >= 15 is 0 Å². The van der Waals surface area contributed by atoms with Crippen LogP contribution in [0.5, 0.6) is 0 Å². The van der Waals surface area contributed by atoms with Crippen LogP contribution in [0, 0.1) is 5.41 Å². The van der Waals surface area contributed by atoms with Gasteiger partial charge in [0.2, 0.25) is 0 Å². The molecule has 0 aliphatic heterocycles. The number of hydrogen-bond donors (Lipinski definition) is 2. The smallest absolute Gasteiger partial charge is 0.129 e. The number of halogens is 1. The van der Waals surface area contributed by atoms with Crippen LogP contribution < -0.4 is 5.32 Å². The van der Waals surface area contributed by atoms with Gasteiger partial charge in [0.05, 0.1) is 0 Å². The monoisotopic (exact) mass is 240 g/mol. The molecule has 2 N–H and O–H groups in total. The normalized spacial score (nSPS) is 19.4. The molecule has 3 nitrogen and oxygen atoms in total. The zero-order valence-electron chi connectivity index (χ0n) is 9.41. The van der Waals surface area contributed by atoms with E-state index in [9.17, 15) is 5.11 Å². The van der Waals surface area contributed by atoms with E-state index in [-0.39, 0.29) is 18.1 Å². The number of nitrogens with one attached hydrogen (secondary N) is 1. The summed E-state index contributed by atoms with van der Waals surface area (Å²) < 4.78 is 0. The highest BCUT2D eigenvalue weighted by molar-refractivity contribution is 6.29. The van der Waals surface area contributed by atoms with E-state index in [1.807, 2.05) is 6.07 Å². The molecule has 1 fully saturated rings. The molecule has 1 aromatic heterocycles. The number of aliphatic hydroxyl groups excluding tert-OH is 1. The Bertz CT molecular complexity index is 349. The number of rotatable bonds is 5. The fourth-order valence-corrected chi connectivity index (χ4v) is 1.81. The number of pyridine rings is 1. The molecule has 1 unspecified atom stereocenters. The van der Waals surface area contributed by atoms with Gasteiger partial charge in [-0.15, -0.1) is 0 Å². The number of aromatic nitrogens is 1. The van der Waals surface area contributed by atoms with Crippen LogP contribution in [0.1, 0.15) is 31.4 Å². The second-order valence-corrected chi connectivity index (χ2v) is 5.06. The van der Waals surface area contributed by atoms with Crippen molar-refractivity contribution in [3.05, 3.63) is 29.0 Å². The van der Waals surface area contributed by atoms with Crippen molar-refractivity contribution in [3.8, 4) is 0 Å². The van der Waals surface area contributed by atoms with Gasteiger partial charge in [-0.3, -0.25) is 0 Å². The van der Waals surface area contributed by atoms with E-state index in [4.69, 9.17) is 11.6 Å². The topological polar surface area (TPSA) is 45.1 Å². The molecule has 2 rings (SSSR count). The lowest BCUT2D eigenvalue weighted by atomic mass is 10.1. The van der Waals surface area contributed by atoms with E-state index in [0.29, 0.717) is 5.15 Å². The Hall–Kier alpha value is -0.640. The fourth-order valence-electron chi connectivity index (χ4n) is 1.70. The van der Waals surface area contributed by atoms with Crippen molar-refractivity contribution in [1.82, 2.24) is 10.3 Å². The summed E-state index contributed by atoms with van der Waals surface area (Å²) in [7, 11) is 0. The van der Waals surface area contributed by atoms with Crippen LogP contribution in [-0.4, -0.2) is 23.2 Å². The van der Waals surface area contributed by atoms with Gasteiger partial charge in [-0.05, 0) is 31.4 Å². The van der Waals surface area contributed by atoms with Gasteiger partial charge in [0.1, 0.15) is 5.15 Å². The average molecular weight is 241 g/mol. The van der Waals surface area contributed by atoms with Crippen LogP contribution in [0.25, 0.3) is 0 Å². The molecule has 1 saturated carbocycles. The van der Waals surface area contributed by atoms with E-state index in [1.54, 1.807) is 12.3 Å². The molecule has 0 amide bonds. The SMILES string of the molecule is CC(NCC1(CO)CC1)c1ccc(Cl)nc1. The second kappa shape index (κ2) is 4.70. The molecule has 0 spiro atoms. The van der Waals surface area contributed by atoms with Gasteiger partial charge in [0.25, 0.3) is 0 Å². The van der Waals surface area contributed by atoms with Crippen molar-refractivity contribution in [3.63, 3.8) is 0 Å². The van der Waals surface area contributed by atoms with Crippen molar-refractivity contribution < 1.29 is 5.11 Å². The lowest BCUT2D eigenvalue weighted by molar-refractivity contribution is 0.204. The molecule has 1 atom stereocenters. The van der Waals surface area contributed by atoms with E-state index in [0.717, 1.165) is 24.9 Å². The molecule has 4 heteroatoms. The molecule has 1 aliphatic carbocycles. The maximum Gasteiger partial charge on any atom is 0.129 e. The zero-order valence-corrected chi connectivity index (χ0v) is 10.2. The number of hydrogen-bond acceptors (Lipinski definition) is 3. The molecule has 0 bridgehead atoms. The largest absolute Gasteiger partial charge is 0.396 e. The maximum atomic E-state index is 9.21. The van der Waals surface area contributed by atoms with Crippen molar-refractivity contribution >= 4 is 11.6 Å². The van der Waals surface area contributed by atoms with Crippen LogP contribution in [0.4, 0.5) is 0 Å². The molecular weight excluding hydrogens is 224 g/mol. The minimum atomic E-state index is 0.147.